The van der Waals surface area contributed by atoms with Crippen LogP contribution in [0.25, 0.3) is 11.3 Å². The summed E-state index contributed by atoms with van der Waals surface area (Å²) in [5, 5.41) is 3.34. The van der Waals surface area contributed by atoms with Gasteiger partial charge in [-0.2, -0.15) is 0 Å². The van der Waals surface area contributed by atoms with Gasteiger partial charge in [-0.3, -0.25) is 4.98 Å². The van der Waals surface area contributed by atoms with E-state index >= 15 is 0 Å². The van der Waals surface area contributed by atoms with Crippen molar-refractivity contribution in [1.29, 1.82) is 0 Å². The summed E-state index contributed by atoms with van der Waals surface area (Å²) >= 11 is 1.63. The van der Waals surface area contributed by atoms with Crippen molar-refractivity contribution in [3.63, 3.8) is 0 Å². The van der Waals surface area contributed by atoms with Crippen molar-refractivity contribution >= 4 is 17.0 Å². The quantitative estimate of drug-likeness (QED) is 0.779. The van der Waals surface area contributed by atoms with Crippen molar-refractivity contribution in [1.82, 2.24) is 9.97 Å². The van der Waals surface area contributed by atoms with Crippen molar-refractivity contribution in [2.24, 2.45) is 0 Å². The Kier molecular flexibility index (Phi) is 3.64. The first kappa shape index (κ1) is 12.7. The Balaban J connectivity index is 1.80. The van der Waals surface area contributed by atoms with E-state index in [-0.39, 0.29) is 0 Å². The van der Waals surface area contributed by atoms with E-state index < -0.39 is 0 Å². The molecular weight excluding hydrogens is 274 g/mol. The number of rotatable bonds is 5. The van der Waals surface area contributed by atoms with Gasteiger partial charge in [0, 0.05) is 22.8 Å². The second-order valence-electron chi connectivity index (χ2n) is 4.10. The maximum absolute atomic E-state index is 5.41. The minimum Gasteiger partial charge on any atom is -0.496 e. The van der Waals surface area contributed by atoms with Crippen molar-refractivity contribution in [3.8, 4) is 17.1 Å². The van der Waals surface area contributed by atoms with E-state index in [1.165, 1.54) is 11.3 Å². The molecule has 2 aromatic heterocycles. The van der Waals surface area contributed by atoms with Crippen molar-refractivity contribution in [2.75, 3.05) is 12.4 Å². The molecule has 0 aliphatic rings. The molecular formula is C14H13N3O2S. The van der Waals surface area contributed by atoms with Crippen molar-refractivity contribution in [2.45, 2.75) is 6.54 Å². The molecule has 0 bridgehead atoms. The molecule has 0 saturated heterocycles. The van der Waals surface area contributed by atoms with Crippen LogP contribution in [-0.4, -0.2) is 17.1 Å². The van der Waals surface area contributed by atoms with Crippen LogP contribution in [0.3, 0.4) is 0 Å². The zero-order valence-electron chi connectivity index (χ0n) is 10.9. The lowest BCUT2D eigenvalue weighted by Crippen LogP contribution is -1.98. The molecule has 0 fully saturated rings. The number of aromatic nitrogens is 2. The molecule has 102 valence electrons. The standard InChI is InChI=1S/C14H13N3O2S/c1-18-13-4-10(17-6-11-5-16-9-20-11)2-3-12(13)14-7-15-8-19-14/h2-5,7-9,17H,6H2,1H3. The fourth-order valence-corrected chi connectivity index (χ4v) is 2.41. The SMILES string of the molecule is COc1cc(NCc2cncs2)ccc1-c1cnco1. The van der Waals surface area contributed by atoms with Gasteiger partial charge in [0.2, 0.25) is 0 Å². The average Bonchev–Trinajstić information content (AvgIpc) is 3.18. The number of thiazole rings is 1. The highest BCUT2D eigenvalue weighted by atomic mass is 32.1. The smallest absolute Gasteiger partial charge is 0.181 e. The monoisotopic (exact) mass is 287 g/mol. The molecule has 0 spiro atoms. The third-order valence-corrected chi connectivity index (χ3v) is 3.63. The Bertz CT molecular complexity index is 666. The number of hydrogen-bond donors (Lipinski definition) is 1. The Hall–Kier alpha value is -2.34. The summed E-state index contributed by atoms with van der Waals surface area (Å²) in [6, 6.07) is 5.88. The second-order valence-corrected chi connectivity index (χ2v) is 5.07. The average molecular weight is 287 g/mol. The van der Waals surface area contributed by atoms with Crippen LogP contribution in [0.15, 0.2) is 46.9 Å². The molecule has 6 heteroatoms. The second kappa shape index (κ2) is 5.75. The summed E-state index contributed by atoms with van der Waals surface area (Å²) in [5.74, 6) is 1.44. The van der Waals surface area contributed by atoms with Gasteiger partial charge in [0.15, 0.2) is 12.2 Å². The van der Waals surface area contributed by atoms with Crippen LogP contribution in [0.2, 0.25) is 0 Å². The summed E-state index contributed by atoms with van der Waals surface area (Å²) in [7, 11) is 1.64. The third-order valence-electron chi connectivity index (χ3n) is 2.85. The minimum atomic E-state index is 0.691. The Labute approximate surface area is 120 Å². The number of nitrogens with zero attached hydrogens (tertiary/aromatic N) is 2. The number of oxazole rings is 1. The molecule has 3 rings (SSSR count). The van der Waals surface area contributed by atoms with Crippen LogP contribution in [0.4, 0.5) is 5.69 Å². The molecule has 0 atom stereocenters. The molecule has 0 aliphatic carbocycles. The van der Waals surface area contributed by atoms with Crippen LogP contribution in [0.1, 0.15) is 4.88 Å². The molecule has 0 saturated carbocycles. The zero-order chi connectivity index (χ0) is 13.8. The molecule has 0 radical (unpaired) electrons. The molecule has 5 nitrogen and oxygen atoms in total. The summed E-state index contributed by atoms with van der Waals surface area (Å²) in [6.45, 7) is 0.746. The molecule has 0 unspecified atom stereocenters. The molecule has 0 amide bonds. The van der Waals surface area contributed by atoms with Crippen LogP contribution in [-0.2, 0) is 6.54 Å². The first-order valence-electron chi connectivity index (χ1n) is 6.05. The van der Waals surface area contributed by atoms with Crippen LogP contribution < -0.4 is 10.1 Å². The van der Waals surface area contributed by atoms with Crippen LogP contribution in [0, 0.1) is 0 Å². The van der Waals surface area contributed by atoms with Gasteiger partial charge in [-0.15, -0.1) is 11.3 Å². The van der Waals surface area contributed by atoms with Gasteiger partial charge in [0.25, 0.3) is 0 Å². The first-order chi connectivity index (χ1) is 9.86. The molecule has 2 heterocycles. The number of anilines is 1. The molecule has 3 aromatic rings. The molecule has 1 N–H and O–H groups in total. The van der Waals surface area contributed by atoms with E-state index in [9.17, 15) is 0 Å². The molecule has 0 aliphatic heterocycles. The number of hydrogen-bond acceptors (Lipinski definition) is 6. The predicted molar refractivity (Wildman–Crippen MR) is 77.9 cm³/mol. The van der Waals surface area contributed by atoms with Gasteiger partial charge >= 0.3 is 0 Å². The van der Waals surface area contributed by atoms with Gasteiger partial charge in [0.05, 0.1) is 30.9 Å². The number of ether oxygens (including phenoxy) is 1. The van der Waals surface area contributed by atoms with E-state index in [0.717, 1.165) is 23.5 Å². The lowest BCUT2D eigenvalue weighted by Gasteiger charge is -2.10. The highest BCUT2D eigenvalue weighted by Gasteiger charge is 2.09. The number of benzene rings is 1. The summed E-state index contributed by atoms with van der Waals surface area (Å²) < 4.78 is 10.7. The van der Waals surface area contributed by atoms with E-state index in [1.807, 2.05) is 29.9 Å². The fraction of sp³-hybridized carbons (Fsp3) is 0.143. The lowest BCUT2D eigenvalue weighted by molar-refractivity contribution is 0.415. The highest BCUT2D eigenvalue weighted by Crippen LogP contribution is 2.32. The third kappa shape index (κ3) is 2.65. The maximum atomic E-state index is 5.41. The fourth-order valence-electron chi connectivity index (χ4n) is 1.87. The highest BCUT2D eigenvalue weighted by molar-refractivity contribution is 7.09. The number of nitrogens with one attached hydrogen (secondary N) is 1. The summed E-state index contributed by atoms with van der Waals surface area (Å²) in [6.07, 6.45) is 4.94. The minimum absolute atomic E-state index is 0.691. The van der Waals surface area contributed by atoms with Gasteiger partial charge in [-0.1, -0.05) is 0 Å². The normalized spacial score (nSPS) is 10.4. The summed E-state index contributed by atoms with van der Waals surface area (Å²) in [5.41, 5.74) is 3.69. The lowest BCUT2D eigenvalue weighted by atomic mass is 10.1. The van der Waals surface area contributed by atoms with E-state index in [4.69, 9.17) is 9.15 Å². The van der Waals surface area contributed by atoms with Gasteiger partial charge in [-0.25, -0.2) is 4.98 Å². The molecule has 1 aromatic carbocycles. The number of methoxy groups -OCH3 is 1. The van der Waals surface area contributed by atoms with E-state index in [1.54, 1.807) is 24.6 Å². The van der Waals surface area contributed by atoms with E-state index in [0.29, 0.717) is 5.76 Å². The van der Waals surface area contributed by atoms with Gasteiger partial charge in [-0.05, 0) is 12.1 Å². The Morgan fingerprint density at radius 1 is 1.30 bits per heavy atom. The van der Waals surface area contributed by atoms with Crippen molar-refractivity contribution in [3.05, 3.63) is 47.4 Å². The predicted octanol–water partition coefficient (Wildman–Crippen LogP) is 3.42. The summed E-state index contributed by atoms with van der Waals surface area (Å²) in [4.78, 5) is 9.16. The Morgan fingerprint density at radius 2 is 2.25 bits per heavy atom. The van der Waals surface area contributed by atoms with Gasteiger partial charge in [0.1, 0.15) is 5.75 Å². The topological polar surface area (TPSA) is 60.2 Å². The zero-order valence-corrected chi connectivity index (χ0v) is 11.7. The largest absolute Gasteiger partial charge is 0.496 e. The Morgan fingerprint density at radius 3 is 2.95 bits per heavy atom. The van der Waals surface area contributed by atoms with Crippen LogP contribution >= 0.6 is 11.3 Å². The van der Waals surface area contributed by atoms with Crippen molar-refractivity contribution < 1.29 is 9.15 Å². The van der Waals surface area contributed by atoms with Gasteiger partial charge < -0.3 is 14.5 Å². The molecule has 20 heavy (non-hydrogen) atoms. The first-order valence-corrected chi connectivity index (χ1v) is 6.93. The van der Waals surface area contributed by atoms with Crippen LogP contribution in [0.5, 0.6) is 5.75 Å². The maximum Gasteiger partial charge on any atom is 0.181 e. The van der Waals surface area contributed by atoms with E-state index in [2.05, 4.69) is 15.3 Å².